The molecule has 2 rings (SSSR count). The van der Waals surface area contributed by atoms with E-state index >= 15 is 0 Å². The van der Waals surface area contributed by atoms with Crippen LogP contribution in [-0.2, 0) is 0 Å². The Morgan fingerprint density at radius 1 is 1.50 bits per heavy atom. The molecule has 1 aromatic carbocycles. The molecule has 0 saturated heterocycles. The maximum absolute atomic E-state index is 11.7. The topological polar surface area (TPSA) is 75.4 Å². The fourth-order valence-corrected chi connectivity index (χ4v) is 1.46. The fraction of sp³-hybridized carbons (Fsp3) is 0. The van der Waals surface area contributed by atoms with Gasteiger partial charge in [0.2, 0.25) is 0 Å². The number of hydrogen-bond donors (Lipinski definition) is 2. The highest BCUT2D eigenvalue weighted by molar-refractivity contribution is 14.1. The molecule has 6 heteroatoms. The lowest BCUT2D eigenvalue weighted by molar-refractivity contribution is 0.102. The van der Waals surface area contributed by atoms with Crippen molar-refractivity contribution in [3.63, 3.8) is 0 Å². The number of phenols is 1. The van der Waals surface area contributed by atoms with Crippen LogP contribution in [0.2, 0.25) is 0 Å². The highest BCUT2D eigenvalue weighted by Gasteiger charge is 2.09. The SMILES string of the molecule is O=C(Nc1cnoc1)c1ccc(I)c(O)c1. The Kier molecular flexibility index (Phi) is 3.09. The molecule has 0 fully saturated rings. The zero-order valence-corrected chi connectivity index (χ0v) is 10.1. The summed E-state index contributed by atoms with van der Waals surface area (Å²) in [5.74, 6) is -0.242. The Hall–Kier alpha value is -1.57. The van der Waals surface area contributed by atoms with E-state index in [-0.39, 0.29) is 11.7 Å². The first-order valence-electron chi connectivity index (χ1n) is 4.36. The van der Waals surface area contributed by atoms with Crippen LogP contribution in [0, 0.1) is 3.57 Å². The lowest BCUT2D eigenvalue weighted by Gasteiger charge is -2.03. The van der Waals surface area contributed by atoms with Crippen molar-refractivity contribution in [1.29, 1.82) is 0 Å². The predicted molar refractivity (Wildman–Crippen MR) is 65.3 cm³/mol. The minimum Gasteiger partial charge on any atom is -0.507 e. The molecule has 0 radical (unpaired) electrons. The van der Waals surface area contributed by atoms with E-state index in [1.54, 1.807) is 12.1 Å². The van der Waals surface area contributed by atoms with E-state index in [9.17, 15) is 9.90 Å². The van der Waals surface area contributed by atoms with Crippen LogP contribution in [0.5, 0.6) is 5.75 Å². The third kappa shape index (κ3) is 2.32. The molecule has 0 aliphatic carbocycles. The molecule has 0 saturated carbocycles. The number of benzene rings is 1. The molecule has 0 aliphatic rings. The average Bonchev–Trinajstić information content (AvgIpc) is 2.74. The molecule has 0 aliphatic heterocycles. The van der Waals surface area contributed by atoms with Gasteiger partial charge in [-0.25, -0.2) is 0 Å². The predicted octanol–water partition coefficient (Wildman–Crippen LogP) is 2.24. The van der Waals surface area contributed by atoms with Gasteiger partial charge in [-0.3, -0.25) is 4.79 Å². The van der Waals surface area contributed by atoms with Crippen molar-refractivity contribution in [2.24, 2.45) is 0 Å². The molecule has 0 unspecified atom stereocenters. The Bertz CT molecular complexity index is 511. The van der Waals surface area contributed by atoms with E-state index in [2.05, 4.69) is 15.0 Å². The molecule has 2 N–H and O–H groups in total. The zero-order valence-electron chi connectivity index (χ0n) is 7.98. The first-order valence-corrected chi connectivity index (χ1v) is 5.44. The summed E-state index contributed by atoms with van der Waals surface area (Å²) in [4.78, 5) is 11.7. The number of rotatable bonds is 2. The van der Waals surface area contributed by atoms with Gasteiger partial charge in [-0.15, -0.1) is 0 Å². The minimum absolute atomic E-state index is 0.0820. The molecular weight excluding hydrogens is 323 g/mol. The number of hydrogen-bond acceptors (Lipinski definition) is 4. The van der Waals surface area contributed by atoms with Gasteiger partial charge in [0.05, 0.1) is 9.77 Å². The maximum Gasteiger partial charge on any atom is 0.255 e. The average molecular weight is 330 g/mol. The molecular formula is C10H7IN2O3. The number of carbonyl (C=O) groups excluding carboxylic acids is 1. The Balaban J connectivity index is 2.18. The smallest absolute Gasteiger partial charge is 0.255 e. The summed E-state index contributed by atoms with van der Waals surface area (Å²) in [5, 5.41) is 15.5. The van der Waals surface area contributed by atoms with Crippen molar-refractivity contribution >= 4 is 34.2 Å². The standard InChI is InChI=1S/C10H7IN2O3/c11-8-2-1-6(3-9(8)14)10(15)13-7-4-12-16-5-7/h1-5,14H,(H,13,15). The van der Waals surface area contributed by atoms with Crippen molar-refractivity contribution < 1.29 is 14.4 Å². The van der Waals surface area contributed by atoms with Crippen LogP contribution >= 0.6 is 22.6 Å². The van der Waals surface area contributed by atoms with Crippen LogP contribution in [0.3, 0.4) is 0 Å². The number of nitrogens with one attached hydrogen (secondary N) is 1. The monoisotopic (exact) mass is 330 g/mol. The van der Waals surface area contributed by atoms with Crippen LogP contribution in [0.25, 0.3) is 0 Å². The lowest BCUT2D eigenvalue weighted by atomic mass is 10.2. The molecule has 5 nitrogen and oxygen atoms in total. The summed E-state index contributed by atoms with van der Waals surface area (Å²) in [5.41, 5.74) is 0.849. The molecule has 16 heavy (non-hydrogen) atoms. The van der Waals surface area contributed by atoms with Crippen LogP contribution in [0.4, 0.5) is 5.69 Å². The summed E-state index contributed by atoms with van der Waals surface area (Å²) in [6, 6.07) is 4.70. The van der Waals surface area contributed by atoms with E-state index in [0.717, 1.165) is 0 Å². The van der Waals surface area contributed by atoms with E-state index in [1.807, 2.05) is 22.6 Å². The number of phenolic OH excluding ortho intramolecular Hbond substituents is 1. The van der Waals surface area contributed by atoms with Gasteiger partial charge in [-0.2, -0.15) is 0 Å². The molecule has 0 spiro atoms. The quantitative estimate of drug-likeness (QED) is 0.828. The van der Waals surface area contributed by atoms with Crippen molar-refractivity contribution in [3.8, 4) is 5.75 Å². The summed E-state index contributed by atoms with van der Waals surface area (Å²) < 4.78 is 5.27. The second kappa shape index (κ2) is 4.52. The van der Waals surface area contributed by atoms with Crippen LogP contribution in [0.15, 0.2) is 35.2 Å². The number of halogens is 1. The van der Waals surface area contributed by atoms with Crippen LogP contribution < -0.4 is 5.32 Å². The highest BCUT2D eigenvalue weighted by atomic mass is 127. The number of aromatic nitrogens is 1. The number of amides is 1. The first kappa shape index (κ1) is 10.9. The Morgan fingerprint density at radius 3 is 2.94 bits per heavy atom. The molecule has 1 aromatic heterocycles. The largest absolute Gasteiger partial charge is 0.507 e. The van der Waals surface area contributed by atoms with Crippen molar-refractivity contribution in [2.45, 2.75) is 0 Å². The van der Waals surface area contributed by atoms with Gasteiger partial charge in [0.1, 0.15) is 17.7 Å². The lowest BCUT2D eigenvalue weighted by Crippen LogP contribution is -2.11. The Morgan fingerprint density at radius 2 is 2.31 bits per heavy atom. The number of carbonyl (C=O) groups is 1. The van der Waals surface area contributed by atoms with Crippen LogP contribution in [0.1, 0.15) is 10.4 Å². The second-order valence-corrected chi connectivity index (χ2v) is 4.20. The molecule has 2 aromatic rings. The molecule has 1 heterocycles. The van der Waals surface area contributed by atoms with E-state index in [4.69, 9.17) is 0 Å². The number of aromatic hydroxyl groups is 1. The van der Waals surface area contributed by atoms with Gasteiger partial charge in [-0.05, 0) is 40.8 Å². The third-order valence-electron chi connectivity index (χ3n) is 1.90. The van der Waals surface area contributed by atoms with Gasteiger partial charge in [0.25, 0.3) is 5.91 Å². The van der Waals surface area contributed by atoms with Gasteiger partial charge in [-0.1, -0.05) is 5.16 Å². The van der Waals surface area contributed by atoms with Crippen molar-refractivity contribution in [3.05, 3.63) is 39.8 Å². The zero-order chi connectivity index (χ0) is 11.5. The number of anilines is 1. The van der Waals surface area contributed by atoms with Crippen molar-refractivity contribution in [2.75, 3.05) is 5.32 Å². The van der Waals surface area contributed by atoms with Gasteiger partial charge >= 0.3 is 0 Å². The third-order valence-corrected chi connectivity index (χ3v) is 2.81. The molecule has 0 atom stereocenters. The second-order valence-electron chi connectivity index (χ2n) is 3.03. The van der Waals surface area contributed by atoms with E-state index in [0.29, 0.717) is 14.8 Å². The molecule has 1 amide bonds. The van der Waals surface area contributed by atoms with Gasteiger partial charge < -0.3 is 14.9 Å². The van der Waals surface area contributed by atoms with Crippen molar-refractivity contribution in [1.82, 2.24) is 5.16 Å². The summed E-state index contributed by atoms with van der Waals surface area (Å²) in [6.45, 7) is 0. The number of nitrogens with zero attached hydrogens (tertiary/aromatic N) is 1. The Labute approximate surface area is 105 Å². The normalized spacial score (nSPS) is 10.1. The maximum atomic E-state index is 11.7. The van der Waals surface area contributed by atoms with Crippen LogP contribution in [-0.4, -0.2) is 16.2 Å². The molecule has 82 valence electrons. The van der Waals surface area contributed by atoms with Gasteiger partial charge in [0.15, 0.2) is 0 Å². The van der Waals surface area contributed by atoms with Gasteiger partial charge in [0, 0.05) is 5.56 Å². The highest BCUT2D eigenvalue weighted by Crippen LogP contribution is 2.21. The first-order chi connectivity index (χ1) is 7.66. The summed E-state index contributed by atoms with van der Waals surface area (Å²) in [6.07, 6.45) is 2.72. The molecule has 0 bridgehead atoms. The summed E-state index contributed by atoms with van der Waals surface area (Å²) >= 11 is 1.98. The van der Waals surface area contributed by atoms with E-state index < -0.39 is 0 Å². The van der Waals surface area contributed by atoms with E-state index in [1.165, 1.54) is 18.5 Å². The summed E-state index contributed by atoms with van der Waals surface area (Å²) in [7, 11) is 0. The fourth-order valence-electron chi connectivity index (χ4n) is 1.12. The minimum atomic E-state index is -0.324.